The van der Waals surface area contributed by atoms with Gasteiger partial charge in [0.1, 0.15) is 5.82 Å². The molecular formula is C13H17N3O2. The van der Waals surface area contributed by atoms with Crippen LogP contribution >= 0.6 is 0 Å². The number of hydrogen-bond acceptors (Lipinski definition) is 4. The molecule has 1 aromatic rings. The molecule has 0 aliphatic carbocycles. The van der Waals surface area contributed by atoms with Crippen molar-refractivity contribution in [3.8, 4) is 0 Å². The third-order valence-electron chi connectivity index (χ3n) is 2.91. The number of rotatable bonds is 3. The fraction of sp³-hybridized carbons (Fsp3) is 0.462. The maximum atomic E-state index is 11.3. The van der Waals surface area contributed by atoms with E-state index < -0.39 is 5.97 Å². The lowest BCUT2D eigenvalue weighted by Crippen LogP contribution is -2.29. The van der Waals surface area contributed by atoms with Gasteiger partial charge in [-0.2, -0.15) is 0 Å². The summed E-state index contributed by atoms with van der Waals surface area (Å²) < 4.78 is 0. The third kappa shape index (κ3) is 2.50. The number of aromatic nitrogens is 2. The zero-order valence-corrected chi connectivity index (χ0v) is 10.6. The minimum Gasteiger partial charge on any atom is -0.476 e. The zero-order chi connectivity index (χ0) is 13.1. The van der Waals surface area contributed by atoms with Gasteiger partial charge in [0.2, 0.25) is 0 Å². The largest absolute Gasteiger partial charge is 0.476 e. The molecule has 5 heteroatoms. The lowest BCUT2D eigenvalue weighted by Gasteiger charge is -2.26. The van der Waals surface area contributed by atoms with Crippen molar-refractivity contribution in [2.24, 2.45) is 0 Å². The maximum Gasteiger partial charge on any atom is 0.356 e. The van der Waals surface area contributed by atoms with Crippen LogP contribution in [-0.4, -0.2) is 34.1 Å². The van der Waals surface area contributed by atoms with Crippen molar-refractivity contribution in [2.75, 3.05) is 18.0 Å². The van der Waals surface area contributed by atoms with Gasteiger partial charge < -0.3 is 10.0 Å². The summed E-state index contributed by atoms with van der Waals surface area (Å²) in [6.07, 6.45) is 6.68. The van der Waals surface area contributed by atoms with Crippen LogP contribution in [0.15, 0.2) is 18.3 Å². The Morgan fingerprint density at radius 1 is 1.44 bits per heavy atom. The molecule has 2 rings (SSSR count). The fourth-order valence-corrected chi connectivity index (χ4v) is 1.92. The summed E-state index contributed by atoms with van der Waals surface area (Å²) >= 11 is 0. The average Bonchev–Trinajstić information content (AvgIpc) is 2.39. The topological polar surface area (TPSA) is 66.3 Å². The molecule has 1 aromatic heterocycles. The first kappa shape index (κ1) is 12.5. The Bertz CT molecular complexity index is 483. The fourth-order valence-electron chi connectivity index (χ4n) is 1.92. The Labute approximate surface area is 106 Å². The highest BCUT2D eigenvalue weighted by molar-refractivity contribution is 5.92. The Morgan fingerprint density at radius 2 is 2.22 bits per heavy atom. The van der Waals surface area contributed by atoms with Gasteiger partial charge in [-0.05, 0) is 6.42 Å². The van der Waals surface area contributed by atoms with Gasteiger partial charge in [0.25, 0.3) is 0 Å². The van der Waals surface area contributed by atoms with Gasteiger partial charge in [0, 0.05) is 19.0 Å². The average molecular weight is 247 g/mol. The molecule has 96 valence electrons. The number of anilines is 1. The van der Waals surface area contributed by atoms with Gasteiger partial charge in [-0.3, -0.25) is 0 Å². The molecule has 0 atom stereocenters. The normalized spacial score (nSPS) is 15.2. The molecule has 1 aliphatic heterocycles. The zero-order valence-electron chi connectivity index (χ0n) is 10.6. The maximum absolute atomic E-state index is 11.3. The first-order valence-electron chi connectivity index (χ1n) is 6.09. The molecule has 0 bridgehead atoms. The summed E-state index contributed by atoms with van der Waals surface area (Å²) in [7, 11) is 0. The minimum absolute atomic E-state index is 0.101. The van der Waals surface area contributed by atoms with E-state index in [9.17, 15) is 9.90 Å². The number of aromatic carboxylic acids is 1. The molecular weight excluding hydrogens is 230 g/mol. The van der Waals surface area contributed by atoms with Crippen molar-refractivity contribution in [2.45, 2.75) is 26.2 Å². The van der Waals surface area contributed by atoms with Crippen LogP contribution in [-0.2, 0) is 0 Å². The van der Waals surface area contributed by atoms with Crippen molar-refractivity contribution < 1.29 is 9.90 Å². The molecule has 0 spiro atoms. The lowest BCUT2D eigenvalue weighted by atomic mass is 10.2. The molecule has 18 heavy (non-hydrogen) atoms. The predicted molar refractivity (Wildman–Crippen MR) is 69.1 cm³/mol. The lowest BCUT2D eigenvalue weighted by molar-refractivity contribution is 0.0690. The molecule has 0 amide bonds. The second-order valence-corrected chi connectivity index (χ2v) is 4.63. The van der Waals surface area contributed by atoms with Gasteiger partial charge >= 0.3 is 5.97 Å². The second-order valence-electron chi connectivity index (χ2n) is 4.63. The van der Waals surface area contributed by atoms with Gasteiger partial charge in [0.05, 0.1) is 11.9 Å². The van der Waals surface area contributed by atoms with Crippen LogP contribution in [0.25, 0.3) is 0 Å². The molecule has 5 nitrogen and oxygen atoms in total. The van der Waals surface area contributed by atoms with Gasteiger partial charge in [-0.25, -0.2) is 14.8 Å². The van der Waals surface area contributed by atoms with Crippen LogP contribution in [0.5, 0.6) is 0 Å². The standard InChI is InChI=1S/C13H17N3O2/c1-9(2)12-14-8-10(11(15-12)13(17)18)16-6-4-3-5-7-16/h3-4,8-9H,5-7H2,1-2H3,(H,17,18). The molecule has 0 unspecified atom stereocenters. The highest BCUT2D eigenvalue weighted by Gasteiger charge is 2.20. The van der Waals surface area contributed by atoms with E-state index in [0.29, 0.717) is 18.1 Å². The number of carboxylic acid groups (broad SMARTS) is 1. The van der Waals surface area contributed by atoms with Gasteiger partial charge in [0.15, 0.2) is 5.69 Å². The molecule has 2 heterocycles. The van der Waals surface area contributed by atoms with Crippen LogP contribution in [0.4, 0.5) is 5.69 Å². The Balaban J connectivity index is 2.40. The van der Waals surface area contributed by atoms with Crippen molar-refractivity contribution >= 4 is 11.7 Å². The van der Waals surface area contributed by atoms with Crippen LogP contribution < -0.4 is 4.90 Å². The van der Waals surface area contributed by atoms with Crippen molar-refractivity contribution in [3.05, 3.63) is 29.9 Å². The third-order valence-corrected chi connectivity index (χ3v) is 2.91. The summed E-state index contributed by atoms with van der Waals surface area (Å²) in [6.45, 7) is 5.42. The van der Waals surface area contributed by atoms with Crippen molar-refractivity contribution in [1.82, 2.24) is 9.97 Å². The first-order chi connectivity index (χ1) is 8.59. The summed E-state index contributed by atoms with van der Waals surface area (Å²) in [4.78, 5) is 21.7. The van der Waals surface area contributed by atoms with Gasteiger partial charge in [-0.1, -0.05) is 26.0 Å². The molecule has 1 aliphatic rings. The van der Waals surface area contributed by atoms with E-state index in [4.69, 9.17) is 0 Å². The molecule has 0 aromatic carbocycles. The number of hydrogen-bond donors (Lipinski definition) is 1. The molecule has 0 fully saturated rings. The summed E-state index contributed by atoms with van der Waals surface area (Å²) in [6, 6.07) is 0. The highest BCUT2D eigenvalue weighted by atomic mass is 16.4. The number of carboxylic acids is 1. The minimum atomic E-state index is -0.996. The van der Waals surface area contributed by atoms with Crippen LogP contribution in [0.3, 0.4) is 0 Å². The van der Waals surface area contributed by atoms with E-state index >= 15 is 0 Å². The second kappa shape index (κ2) is 5.16. The van der Waals surface area contributed by atoms with Crippen molar-refractivity contribution in [1.29, 1.82) is 0 Å². The van der Waals surface area contributed by atoms with E-state index in [1.807, 2.05) is 24.8 Å². The van der Waals surface area contributed by atoms with E-state index in [1.54, 1.807) is 6.20 Å². The SMILES string of the molecule is CC(C)c1ncc(N2CC=CCC2)c(C(=O)O)n1. The van der Waals surface area contributed by atoms with E-state index in [2.05, 4.69) is 16.0 Å². The van der Waals surface area contributed by atoms with E-state index in [1.165, 1.54) is 0 Å². The van der Waals surface area contributed by atoms with Gasteiger partial charge in [-0.15, -0.1) is 0 Å². The van der Waals surface area contributed by atoms with Crippen LogP contribution in [0.1, 0.15) is 42.5 Å². The quantitative estimate of drug-likeness (QED) is 0.828. The molecule has 0 radical (unpaired) electrons. The summed E-state index contributed by atoms with van der Waals surface area (Å²) in [5, 5.41) is 9.27. The molecule has 1 N–H and O–H groups in total. The van der Waals surface area contributed by atoms with E-state index in [0.717, 1.165) is 13.0 Å². The van der Waals surface area contributed by atoms with E-state index in [-0.39, 0.29) is 11.6 Å². The number of nitrogens with zero attached hydrogens (tertiary/aromatic N) is 3. The summed E-state index contributed by atoms with van der Waals surface area (Å²) in [5.41, 5.74) is 0.709. The number of carbonyl (C=O) groups is 1. The smallest absolute Gasteiger partial charge is 0.356 e. The highest BCUT2D eigenvalue weighted by Crippen LogP contribution is 2.22. The Hall–Kier alpha value is -1.91. The van der Waals surface area contributed by atoms with Crippen LogP contribution in [0, 0.1) is 0 Å². The Morgan fingerprint density at radius 3 is 2.78 bits per heavy atom. The monoisotopic (exact) mass is 247 g/mol. The van der Waals surface area contributed by atoms with Crippen molar-refractivity contribution in [3.63, 3.8) is 0 Å². The summed E-state index contributed by atoms with van der Waals surface area (Å²) in [5.74, 6) is -0.300. The molecule has 0 saturated heterocycles. The Kier molecular flexibility index (Phi) is 3.60. The molecule has 0 saturated carbocycles. The predicted octanol–water partition coefficient (Wildman–Crippen LogP) is 2.06. The van der Waals surface area contributed by atoms with Crippen LogP contribution in [0.2, 0.25) is 0 Å². The first-order valence-corrected chi connectivity index (χ1v) is 6.09.